The van der Waals surface area contributed by atoms with Crippen LogP contribution in [-0.4, -0.2) is 6.79 Å². The summed E-state index contributed by atoms with van der Waals surface area (Å²) >= 11 is 0. The Morgan fingerprint density at radius 2 is 1.78 bits per heavy atom. The van der Waals surface area contributed by atoms with Gasteiger partial charge in [0, 0.05) is 0 Å². The Hall–Kier alpha value is -2.22. The van der Waals surface area contributed by atoms with Gasteiger partial charge < -0.3 is 9.47 Å². The summed E-state index contributed by atoms with van der Waals surface area (Å²) < 4.78 is 10.6. The molecule has 0 unspecified atom stereocenters. The van der Waals surface area contributed by atoms with Crippen molar-refractivity contribution in [2.75, 3.05) is 6.79 Å². The van der Waals surface area contributed by atoms with Gasteiger partial charge in [0.2, 0.25) is 6.79 Å². The summed E-state index contributed by atoms with van der Waals surface area (Å²) in [6.07, 6.45) is 5.18. The average Bonchev–Trinajstić information content (AvgIpc) is 2.87. The van der Waals surface area contributed by atoms with Crippen LogP contribution in [0.15, 0.2) is 54.6 Å². The Morgan fingerprint density at radius 3 is 2.67 bits per heavy atom. The molecule has 0 saturated carbocycles. The first kappa shape index (κ1) is 10.9. The van der Waals surface area contributed by atoms with Gasteiger partial charge in [0.15, 0.2) is 11.5 Å². The van der Waals surface area contributed by atoms with Crippen molar-refractivity contribution in [2.45, 2.75) is 6.42 Å². The van der Waals surface area contributed by atoms with E-state index in [1.165, 1.54) is 11.1 Å². The van der Waals surface area contributed by atoms with Gasteiger partial charge in [-0.05, 0) is 29.7 Å². The molecule has 2 heteroatoms. The maximum atomic E-state index is 5.36. The first-order valence-corrected chi connectivity index (χ1v) is 6.02. The van der Waals surface area contributed by atoms with E-state index < -0.39 is 0 Å². The highest BCUT2D eigenvalue weighted by Crippen LogP contribution is 2.32. The molecular formula is C16H14O2. The van der Waals surface area contributed by atoms with Crippen LogP contribution < -0.4 is 9.47 Å². The second kappa shape index (κ2) is 4.96. The van der Waals surface area contributed by atoms with E-state index in [1.54, 1.807) is 0 Å². The molecule has 1 aliphatic rings. The Kier molecular flexibility index (Phi) is 3.01. The fourth-order valence-corrected chi connectivity index (χ4v) is 1.96. The summed E-state index contributed by atoms with van der Waals surface area (Å²) in [7, 11) is 0. The minimum atomic E-state index is 0.332. The lowest BCUT2D eigenvalue weighted by molar-refractivity contribution is 0.174. The van der Waals surface area contributed by atoms with Crippen LogP contribution in [0, 0.1) is 0 Å². The molecule has 90 valence electrons. The fourth-order valence-electron chi connectivity index (χ4n) is 1.96. The van der Waals surface area contributed by atoms with E-state index in [9.17, 15) is 0 Å². The van der Waals surface area contributed by atoms with Crippen LogP contribution >= 0.6 is 0 Å². The molecule has 0 amide bonds. The molecule has 0 bridgehead atoms. The zero-order valence-electron chi connectivity index (χ0n) is 10.0. The monoisotopic (exact) mass is 238 g/mol. The topological polar surface area (TPSA) is 18.5 Å². The lowest BCUT2D eigenvalue weighted by Crippen LogP contribution is -1.92. The Balaban J connectivity index is 1.68. The first-order chi connectivity index (χ1) is 8.92. The van der Waals surface area contributed by atoms with Crippen molar-refractivity contribution >= 4 is 6.08 Å². The highest BCUT2D eigenvalue weighted by molar-refractivity contribution is 5.50. The van der Waals surface area contributed by atoms with Crippen molar-refractivity contribution in [3.63, 3.8) is 0 Å². The van der Waals surface area contributed by atoms with Crippen LogP contribution in [-0.2, 0) is 6.42 Å². The quantitative estimate of drug-likeness (QED) is 0.812. The molecule has 3 rings (SSSR count). The van der Waals surface area contributed by atoms with Crippen molar-refractivity contribution < 1.29 is 9.47 Å². The van der Waals surface area contributed by atoms with Crippen molar-refractivity contribution in [2.24, 2.45) is 0 Å². The molecule has 1 aliphatic heterocycles. The second-order valence-corrected chi connectivity index (χ2v) is 4.20. The van der Waals surface area contributed by atoms with E-state index in [0.29, 0.717) is 6.79 Å². The van der Waals surface area contributed by atoms with Gasteiger partial charge in [0.05, 0.1) is 0 Å². The molecule has 0 aliphatic carbocycles. The highest BCUT2D eigenvalue weighted by Gasteiger charge is 2.12. The molecule has 0 radical (unpaired) electrons. The van der Waals surface area contributed by atoms with E-state index in [2.05, 4.69) is 30.4 Å². The van der Waals surface area contributed by atoms with Crippen LogP contribution in [0.25, 0.3) is 6.08 Å². The number of hydrogen-bond donors (Lipinski definition) is 0. The summed E-state index contributed by atoms with van der Waals surface area (Å²) in [6.45, 7) is 0.332. The Morgan fingerprint density at radius 1 is 0.944 bits per heavy atom. The zero-order chi connectivity index (χ0) is 12.2. The van der Waals surface area contributed by atoms with Gasteiger partial charge in [-0.25, -0.2) is 0 Å². The third-order valence-corrected chi connectivity index (χ3v) is 2.90. The Labute approximate surface area is 106 Å². The number of hydrogen-bond acceptors (Lipinski definition) is 2. The zero-order valence-corrected chi connectivity index (χ0v) is 10.0. The lowest BCUT2D eigenvalue weighted by Gasteiger charge is -1.99. The van der Waals surface area contributed by atoms with Crippen molar-refractivity contribution in [3.05, 3.63) is 65.7 Å². The maximum Gasteiger partial charge on any atom is 0.231 e. The van der Waals surface area contributed by atoms with Crippen molar-refractivity contribution in [1.29, 1.82) is 0 Å². The van der Waals surface area contributed by atoms with Crippen LogP contribution in [0.2, 0.25) is 0 Å². The smallest absolute Gasteiger partial charge is 0.231 e. The maximum absolute atomic E-state index is 5.36. The van der Waals surface area contributed by atoms with E-state index >= 15 is 0 Å². The summed E-state index contributed by atoms with van der Waals surface area (Å²) in [4.78, 5) is 0. The molecule has 0 aromatic heterocycles. The predicted molar refractivity (Wildman–Crippen MR) is 71.7 cm³/mol. The third kappa shape index (κ3) is 2.38. The molecule has 0 saturated heterocycles. The largest absolute Gasteiger partial charge is 0.454 e. The van der Waals surface area contributed by atoms with E-state index in [-0.39, 0.29) is 0 Å². The standard InChI is InChI=1S/C16H14O2/c1-2-5-13(6-3-1)7-4-8-14-9-10-15-16(11-14)18-12-17-15/h1-7,9-11H,8,12H2/b7-4+. The Bertz CT molecular complexity index is 559. The number of benzene rings is 2. The fraction of sp³-hybridized carbons (Fsp3) is 0.125. The number of fused-ring (bicyclic) bond motifs is 1. The van der Waals surface area contributed by atoms with Crippen LogP contribution in [0.4, 0.5) is 0 Å². The summed E-state index contributed by atoms with van der Waals surface area (Å²) in [5, 5.41) is 0. The van der Waals surface area contributed by atoms with Gasteiger partial charge >= 0.3 is 0 Å². The molecular weight excluding hydrogens is 224 g/mol. The van der Waals surface area contributed by atoms with E-state index in [1.807, 2.05) is 30.3 Å². The predicted octanol–water partition coefficient (Wildman–Crippen LogP) is 3.67. The van der Waals surface area contributed by atoms with Crippen LogP contribution in [0.3, 0.4) is 0 Å². The van der Waals surface area contributed by atoms with Crippen molar-refractivity contribution in [3.8, 4) is 11.5 Å². The molecule has 18 heavy (non-hydrogen) atoms. The lowest BCUT2D eigenvalue weighted by atomic mass is 10.1. The minimum absolute atomic E-state index is 0.332. The highest BCUT2D eigenvalue weighted by atomic mass is 16.7. The van der Waals surface area contributed by atoms with Gasteiger partial charge in [0.25, 0.3) is 0 Å². The minimum Gasteiger partial charge on any atom is -0.454 e. The molecule has 0 fully saturated rings. The van der Waals surface area contributed by atoms with E-state index in [4.69, 9.17) is 9.47 Å². The first-order valence-electron chi connectivity index (χ1n) is 6.02. The summed E-state index contributed by atoms with van der Waals surface area (Å²) in [6, 6.07) is 16.4. The average molecular weight is 238 g/mol. The third-order valence-electron chi connectivity index (χ3n) is 2.90. The number of allylic oxidation sites excluding steroid dienone is 1. The van der Waals surface area contributed by atoms with Gasteiger partial charge in [-0.3, -0.25) is 0 Å². The molecule has 0 atom stereocenters. The molecule has 0 N–H and O–H groups in total. The number of rotatable bonds is 3. The van der Waals surface area contributed by atoms with Crippen LogP contribution in [0.1, 0.15) is 11.1 Å². The van der Waals surface area contributed by atoms with Crippen molar-refractivity contribution in [1.82, 2.24) is 0 Å². The summed E-state index contributed by atoms with van der Waals surface area (Å²) in [5.41, 5.74) is 2.45. The van der Waals surface area contributed by atoms with Gasteiger partial charge in [-0.1, -0.05) is 48.6 Å². The molecule has 1 heterocycles. The summed E-state index contributed by atoms with van der Waals surface area (Å²) in [5.74, 6) is 1.69. The molecule has 2 nitrogen and oxygen atoms in total. The molecule has 2 aromatic carbocycles. The van der Waals surface area contributed by atoms with Gasteiger partial charge in [-0.15, -0.1) is 0 Å². The SMILES string of the molecule is C(=C\c1ccccc1)/Cc1ccc2c(c1)OCO2. The normalized spacial score (nSPS) is 13.1. The molecule has 0 spiro atoms. The number of ether oxygens (including phenoxy) is 2. The van der Waals surface area contributed by atoms with Crippen LogP contribution in [0.5, 0.6) is 11.5 Å². The van der Waals surface area contributed by atoms with Gasteiger partial charge in [0.1, 0.15) is 0 Å². The van der Waals surface area contributed by atoms with Gasteiger partial charge in [-0.2, -0.15) is 0 Å². The second-order valence-electron chi connectivity index (χ2n) is 4.20. The van der Waals surface area contributed by atoms with E-state index in [0.717, 1.165) is 17.9 Å². The molecule has 2 aromatic rings.